The molecular formula is C19H25F3N6O. The molecule has 158 valence electrons. The lowest BCUT2D eigenvalue weighted by molar-refractivity contribution is -0.137. The van der Waals surface area contributed by atoms with Crippen molar-refractivity contribution in [3.05, 3.63) is 35.5 Å². The van der Waals surface area contributed by atoms with Crippen LogP contribution in [0.25, 0.3) is 0 Å². The van der Waals surface area contributed by atoms with E-state index in [0.717, 1.165) is 17.5 Å². The molecule has 2 atom stereocenters. The molecule has 2 heterocycles. The van der Waals surface area contributed by atoms with E-state index in [1.54, 1.807) is 20.0 Å². The largest absolute Gasteiger partial charge is 0.421 e. The van der Waals surface area contributed by atoms with Crippen LogP contribution >= 0.6 is 0 Å². The molecular weight excluding hydrogens is 385 g/mol. The lowest BCUT2D eigenvalue weighted by atomic mass is 9.64. The topological polar surface area (TPSA) is 95.9 Å². The Morgan fingerprint density at radius 3 is 2.55 bits per heavy atom. The highest BCUT2D eigenvalue weighted by Crippen LogP contribution is 2.43. The average Bonchev–Trinajstić information content (AvgIpc) is 2.65. The van der Waals surface area contributed by atoms with Crippen molar-refractivity contribution in [2.45, 2.75) is 64.9 Å². The van der Waals surface area contributed by atoms with Crippen LogP contribution in [0.1, 0.15) is 56.9 Å². The Morgan fingerprint density at radius 1 is 1.24 bits per heavy atom. The van der Waals surface area contributed by atoms with E-state index in [9.17, 15) is 18.3 Å². The van der Waals surface area contributed by atoms with E-state index in [2.05, 4.69) is 30.6 Å². The monoisotopic (exact) mass is 410 g/mol. The predicted octanol–water partition coefficient (Wildman–Crippen LogP) is 3.59. The van der Waals surface area contributed by atoms with Crippen LogP contribution in [-0.2, 0) is 12.7 Å². The Bertz CT molecular complexity index is 871. The summed E-state index contributed by atoms with van der Waals surface area (Å²) in [4.78, 5) is 16.2. The zero-order valence-corrected chi connectivity index (χ0v) is 16.7. The van der Waals surface area contributed by atoms with Crippen LogP contribution in [0.15, 0.2) is 18.7 Å². The minimum atomic E-state index is -4.59. The molecule has 3 N–H and O–H groups in total. The molecule has 1 aliphatic carbocycles. The van der Waals surface area contributed by atoms with Crippen LogP contribution in [0.3, 0.4) is 0 Å². The Labute approximate surface area is 167 Å². The Morgan fingerprint density at radius 2 is 1.97 bits per heavy atom. The molecule has 0 unspecified atom stereocenters. The Kier molecular flexibility index (Phi) is 5.66. The molecule has 2 aromatic heterocycles. The van der Waals surface area contributed by atoms with Gasteiger partial charge in [0.05, 0.1) is 11.8 Å². The number of hydrogen-bond acceptors (Lipinski definition) is 7. The van der Waals surface area contributed by atoms with Gasteiger partial charge in [-0.2, -0.15) is 18.2 Å². The summed E-state index contributed by atoms with van der Waals surface area (Å²) in [7, 11) is 0. The van der Waals surface area contributed by atoms with Crippen molar-refractivity contribution in [3.8, 4) is 0 Å². The van der Waals surface area contributed by atoms with Crippen molar-refractivity contribution in [2.24, 2.45) is 5.41 Å². The number of aromatic nitrogens is 4. The first-order chi connectivity index (χ1) is 13.5. The zero-order chi connectivity index (χ0) is 21.4. The standard InChI is InChI=1S/C19H25F3N6O/c1-10(2)15-11(6-23-9-26-15)7-24-17-25-8-12(19(20,21)22)16(28-17)27-13-5-14(29)18(13,3)4/h6,8-10,13-14,29H,5,7H2,1-4H3,(H2,24,25,27,28)/t13-,14+/m1/s1. The van der Waals surface area contributed by atoms with E-state index in [4.69, 9.17) is 0 Å². The number of nitrogens with one attached hydrogen (secondary N) is 2. The van der Waals surface area contributed by atoms with Gasteiger partial charge in [-0.25, -0.2) is 15.0 Å². The molecule has 0 aromatic carbocycles. The van der Waals surface area contributed by atoms with Crippen molar-refractivity contribution in [2.75, 3.05) is 10.6 Å². The van der Waals surface area contributed by atoms with Gasteiger partial charge in [0, 0.05) is 36.0 Å². The second kappa shape index (κ2) is 7.74. The Hall–Kier alpha value is -2.49. The molecule has 0 aliphatic heterocycles. The third kappa shape index (κ3) is 4.42. The Balaban J connectivity index is 1.82. The van der Waals surface area contributed by atoms with E-state index in [-0.39, 0.29) is 30.3 Å². The fourth-order valence-corrected chi connectivity index (χ4v) is 3.30. The van der Waals surface area contributed by atoms with Crippen molar-refractivity contribution < 1.29 is 18.3 Å². The van der Waals surface area contributed by atoms with Gasteiger partial charge in [0.1, 0.15) is 17.7 Å². The van der Waals surface area contributed by atoms with Crippen LogP contribution < -0.4 is 10.6 Å². The van der Waals surface area contributed by atoms with Crippen molar-refractivity contribution in [3.63, 3.8) is 0 Å². The van der Waals surface area contributed by atoms with E-state index >= 15 is 0 Å². The van der Waals surface area contributed by atoms with Gasteiger partial charge in [-0.3, -0.25) is 0 Å². The summed E-state index contributed by atoms with van der Waals surface area (Å²) in [5.41, 5.74) is 0.187. The molecule has 1 saturated carbocycles. The highest BCUT2D eigenvalue weighted by molar-refractivity contribution is 5.50. The lowest BCUT2D eigenvalue weighted by Gasteiger charge is -2.49. The van der Waals surface area contributed by atoms with Gasteiger partial charge in [0.15, 0.2) is 0 Å². The maximum Gasteiger partial charge on any atom is 0.421 e. The minimum absolute atomic E-state index is 0.0664. The summed E-state index contributed by atoms with van der Waals surface area (Å²) in [6.45, 7) is 7.88. The van der Waals surface area contributed by atoms with Crippen LogP contribution in [0.2, 0.25) is 0 Å². The average molecular weight is 410 g/mol. The molecule has 7 nitrogen and oxygen atoms in total. The van der Waals surface area contributed by atoms with Crippen molar-refractivity contribution >= 4 is 11.8 Å². The number of rotatable bonds is 6. The quantitative estimate of drug-likeness (QED) is 0.670. The van der Waals surface area contributed by atoms with E-state index < -0.39 is 23.3 Å². The summed E-state index contributed by atoms with van der Waals surface area (Å²) in [5, 5.41) is 15.7. The van der Waals surface area contributed by atoms with Crippen molar-refractivity contribution in [1.82, 2.24) is 19.9 Å². The number of anilines is 2. The molecule has 0 bridgehead atoms. The maximum absolute atomic E-state index is 13.4. The fraction of sp³-hybridized carbons (Fsp3) is 0.579. The molecule has 0 amide bonds. The summed E-state index contributed by atoms with van der Waals surface area (Å²) < 4.78 is 40.2. The van der Waals surface area contributed by atoms with E-state index in [1.165, 1.54) is 6.33 Å². The summed E-state index contributed by atoms with van der Waals surface area (Å²) in [5.74, 6) is -0.0575. The van der Waals surface area contributed by atoms with Gasteiger partial charge < -0.3 is 15.7 Å². The number of hydrogen-bond donors (Lipinski definition) is 3. The first-order valence-corrected chi connectivity index (χ1v) is 9.41. The molecule has 3 rings (SSSR count). The van der Waals surface area contributed by atoms with Crippen LogP contribution in [-0.4, -0.2) is 37.2 Å². The van der Waals surface area contributed by atoms with Gasteiger partial charge in [-0.15, -0.1) is 0 Å². The molecule has 0 saturated heterocycles. The normalized spacial score (nSPS) is 21.0. The van der Waals surface area contributed by atoms with E-state index in [1.807, 2.05) is 13.8 Å². The number of aliphatic hydroxyl groups excluding tert-OH is 1. The SMILES string of the molecule is CC(C)c1ncncc1CNc1ncc(C(F)(F)F)c(N[C@@H]2C[C@H](O)C2(C)C)n1. The molecule has 0 radical (unpaired) electrons. The first-order valence-electron chi connectivity index (χ1n) is 9.41. The third-order valence-corrected chi connectivity index (χ3v) is 5.43. The van der Waals surface area contributed by atoms with Crippen LogP contribution in [0.5, 0.6) is 0 Å². The predicted molar refractivity (Wildman–Crippen MR) is 102 cm³/mol. The summed E-state index contributed by atoms with van der Waals surface area (Å²) >= 11 is 0. The molecule has 1 fully saturated rings. The van der Waals surface area contributed by atoms with Gasteiger partial charge >= 0.3 is 6.18 Å². The number of aliphatic hydroxyl groups is 1. The van der Waals surface area contributed by atoms with Gasteiger partial charge in [0.25, 0.3) is 0 Å². The first kappa shape index (κ1) is 21.2. The van der Waals surface area contributed by atoms with Crippen molar-refractivity contribution in [1.29, 1.82) is 0 Å². The molecule has 29 heavy (non-hydrogen) atoms. The maximum atomic E-state index is 13.4. The third-order valence-electron chi connectivity index (χ3n) is 5.43. The molecule has 10 heteroatoms. The van der Waals surface area contributed by atoms with Crippen LogP contribution in [0.4, 0.5) is 24.9 Å². The molecule has 2 aromatic rings. The number of alkyl halides is 3. The fourth-order valence-electron chi connectivity index (χ4n) is 3.30. The molecule has 1 aliphatic rings. The number of halogens is 3. The minimum Gasteiger partial charge on any atom is -0.392 e. The molecule has 0 spiro atoms. The summed E-state index contributed by atoms with van der Waals surface area (Å²) in [6.07, 6.45) is -0.908. The van der Waals surface area contributed by atoms with Gasteiger partial charge in [-0.05, 0) is 12.3 Å². The highest BCUT2D eigenvalue weighted by atomic mass is 19.4. The lowest BCUT2D eigenvalue weighted by Crippen LogP contribution is -2.57. The zero-order valence-electron chi connectivity index (χ0n) is 16.7. The number of nitrogens with zero attached hydrogens (tertiary/aromatic N) is 4. The van der Waals surface area contributed by atoms with Gasteiger partial charge in [-0.1, -0.05) is 27.7 Å². The summed E-state index contributed by atoms with van der Waals surface area (Å²) in [6, 6.07) is -0.323. The van der Waals surface area contributed by atoms with Gasteiger partial charge in [0.2, 0.25) is 5.95 Å². The second-order valence-electron chi connectivity index (χ2n) is 8.16. The highest BCUT2D eigenvalue weighted by Gasteiger charge is 2.48. The second-order valence-corrected chi connectivity index (χ2v) is 8.16. The van der Waals surface area contributed by atoms with Crippen LogP contribution in [0, 0.1) is 5.41 Å². The smallest absolute Gasteiger partial charge is 0.392 e. The van der Waals surface area contributed by atoms with E-state index in [0.29, 0.717) is 6.42 Å².